The minimum Gasteiger partial charge on any atom is -0.455 e. The van der Waals surface area contributed by atoms with Gasteiger partial charge in [0.25, 0.3) is 0 Å². The largest absolute Gasteiger partial charge is 0.470 e. The number of fused-ring (bicyclic) bond motifs is 12. The Morgan fingerprint density at radius 2 is 0.932 bits per heavy atom. The lowest BCUT2D eigenvalue weighted by atomic mass is 9.84. The van der Waals surface area contributed by atoms with E-state index in [1.165, 1.54) is 54.6 Å². The number of hydrogen-bond acceptors (Lipinski definition) is 3. The molecule has 1 unspecified atom stereocenters. The van der Waals surface area contributed by atoms with Crippen LogP contribution in [0, 0.1) is 0 Å². The highest BCUT2D eigenvalue weighted by Crippen LogP contribution is 2.57. The average molecular weight is 563 g/mol. The Morgan fingerprint density at radius 3 is 1.57 bits per heavy atom. The maximum Gasteiger partial charge on any atom is 0.470 e. The summed E-state index contributed by atoms with van der Waals surface area (Å²) < 4.78 is 17.0. The first-order chi connectivity index (χ1) is 21.9. The summed E-state index contributed by atoms with van der Waals surface area (Å²) in [5.74, 6) is 1.78. The molecule has 1 spiro atoms. The van der Waals surface area contributed by atoms with Crippen LogP contribution >= 0.6 is 0 Å². The van der Waals surface area contributed by atoms with Crippen LogP contribution < -0.4 is 14.1 Å². The highest BCUT2D eigenvalue weighted by molar-refractivity contribution is 6.21. The minimum atomic E-state index is -0.736. The van der Waals surface area contributed by atoms with Crippen LogP contribution in [0.2, 0.25) is 0 Å². The Morgan fingerprint density at radius 1 is 0.455 bits per heavy atom. The summed E-state index contributed by atoms with van der Waals surface area (Å²) in [6, 6.07) is 35.3. The molecule has 5 aromatic heterocycles. The third-order valence-electron chi connectivity index (χ3n) is 10.6. The Bertz CT molecular complexity index is 2890. The molecule has 3 aliphatic heterocycles. The normalized spacial score (nSPS) is 17.4. The van der Waals surface area contributed by atoms with Crippen LogP contribution in [-0.4, -0.2) is 19.2 Å². The van der Waals surface area contributed by atoms with Gasteiger partial charge in [-0.15, -0.1) is 9.03 Å². The predicted molar refractivity (Wildman–Crippen MR) is 167 cm³/mol. The smallest absolute Gasteiger partial charge is 0.455 e. The van der Waals surface area contributed by atoms with E-state index in [1.807, 2.05) is 12.4 Å². The zero-order valence-corrected chi connectivity index (χ0v) is 23.0. The quantitative estimate of drug-likeness (QED) is 0.157. The fourth-order valence-electron chi connectivity index (χ4n) is 9.21. The number of rotatable bonds is 0. The molecule has 13 rings (SSSR count). The second kappa shape index (κ2) is 6.31. The van der Waals surface area contributed by atoms with E-state index in [2.05, 4.69) is 126 Å². The third-order valence-corrected chi connectivity index (χ3v) is 10.6. The zero-order valence-electron chi connectivity index (χ0n) is 23.0. The van der Waals surface area contributed by atoms with Crippen LogP contribution in [0.1, 0.15) is 11.1 Å². The third kappa shape index (κ3) is 1.80. The van der Waals surface area contributed by atoms with Crippen molar-refractivity contribution in [2.45, 2.75) is 5.66 Å². The van der Waals surface area contributed by atoms with Crippen molar-refractivity contribution in [1.82, 2.24) is 19.2 Å². The average Bonchev–Trinajstić information content (AvgIpc) is 3.79. The summed E-state index contributed by atoms with van der Waals surface area (Å²) in [4.78, 5) is 0. The van der Waals surface area contributed by atoms with E-state index in [-0.39, 0.29) is 0 Å². The number of ether oxygens (including phenoxy) is 1. The van der Waals surface area contributed by atoms with E-state index in [0.29, 0.717) is 0 Å². The number of nitrogens with zero attached hydrogens (tertiary/aromatic N) is 6. The van der Waals surface area contributed by atoms with Gasteiger partial charge in [0.2, 0.25) is 11.0 Å². The fraction of sp³-hybridized carbons (Fsp3) is 0.0270. The van der Waals surface area contributed by atoms with Crippen molar-refractivity contribution in [1.29, 1.82) is 0 Å². The van der Waals surface area contributed by atoms with Gasteiger partial charge in [0.05, 0.1) is 23.2 Å². The zero-order chi connectivity index (χ0) is 28.1. The van der Waals surface area contributed by atoms with Crippen LogP contribution in [0.15, 0.2) is 109 Å². The first-order valence-electron chi connectivity index (χ1n) is 14.9. The van der Waals surface area contributed by atoms with Gasteiger partial charge in [-0.1, -0.05) is 48.5 Å². The second-order valence-corrected chi connectivity index (χ2v) is 12.3. The molecule has 7 nitrogen and oxygen atoms in total. The molecular weight excluding hydrogens is 544 g/mol. The van der Waals surface area contributed by atoms with Crippen LogP contribution in [-0.2, 0) is 5.66 Å². The van der Waals surface area contributed by atoms with E-state index in [4.69, 9.17) is 4.74 Å². The molecule has 44 heavy (non-hydrogen) atoms. The number of para-hydroxylation sites is 2. The van der Waals surface area contributed by atoms with E-state index in [9.17, 15) is 0 Å². The standard InChI is InChI=1S/C37H18N6O/c1-2-8-20-19(7-1)21-13-15-29-31-35(21)40-33(20)23-9-3-5-11-27(23)42(40)37(31)32-30(44-29)16-14-22-25-17-38-39-18-26(25)34-24-10-4-6-12-28(24)43(37)41(34)36(22)32/h1-18H/q+2. The van der Waals surface area contributed by atoms with Crippen molar-refractivity contribution in [3.05, 3.63) is 121 Å². The van der Waals surface area contributed by atoms with Crippen molar-refractivity contribution >= 4 is 76.2 Å². The van der Waals surface area contributed by atoms with Gasteiger partial charge >= 0.3 is 5.66 Å². The van der Waals surface area contributed by atoms with Crippen molar-refractivity contribution in [3.8, 4) is 11.5 Å². The summed E-state index contributed by atoms with van der Waals surface area (Å²) in [7, 11) is 0. The predicted octanol–water partition coefficient (Wildman–Crippen LogP) is 6.51. The Hall–Kier alpha value is -6.08. The maximum atomic E-state index is 6.91. The highest BCUT2D eigenvalue weighted by atomic mass is 16.5. The Kier molecular flexibility index (Phi) is 2.97. The van der Waals surface area contributed by atoms with E-state index >= 15 is 0 Å². The molecular formula is C37H18N6O+2. The maximum absolute atomic E-state index is 6.91. The molecule has 10 aromatic rings. The van der Waals surface area contributed by atoms with Gasteiger partial charge in [0.1, 0.15) is 33.6 Å². The lowest BCUT2D eigenvalue weighted by Crippen LogP contribution is -2.74. The molecule has 5 aromatic carbocycles. The van der Waals surface area contributed by atoms with Gasteiger partial charge in [-0.25, -0.2) is 0 Å². The summed E-state index contributed by atoms with van der Waals surface area (Å²) in [6.07, 6.45) is 3.83. The summed E-state index contributed by atoms with van der Waals surface area (Å²) in [5.41, 5.74) is 8.68. The number of hydrogen-bond donors (Lipinski definition) is 0. The van der Waals surface area contributed by atoms with Gasteiger partial charge < -0.3 is 4.74 Å². The molecule has 1 atom stereocenters. The summed E-state index contributed by atoms with van der Waals surface area (Å²) in [5, 5.41) is 18.2. The first-order valence-corrected chi connectivity index (χ1v) is 14.9. The summed E-state index contributed by atoms with van der Waals surface area (Å²) in [6.45, 7) is 0. The van der Waals surface area contributed by atoms with Crippen molar-refractivity contribution in [3.63, 3.8) is 0 Å². The number of aromatic nitrogens is 6. The van der Waals surface area contributed by atoms with Crippen molar-refractivity contribution < 1.29 is 14.1 Å². The SMILES string of the molecule is c1ccc2c(c1)c1ccc3c4c1n1c2c2ccccc2[n+]1C41c2c(ccc4c5cnncc5c5c6ccccc6[n+]1n5c24)O3. The highest BCUT2D eigenvalue weighted by Gasteiger charge is 2.73. The molecule has 0 saturated heterocycles. The molecule has 8 heterocycles. The van der Waals surface area contributed by atoms with Gasteiger partial charge in [0, 0.05) is 39.1 Å². The topological polar surface area (TPSA) is 51.6 Å². The van der Waals surface area contributed by atoms with Gasteiger partial charge in [-0.3, -0.25) is 0 Å². The summed E-state index contributed by atoms with van der Waals surface area (Å²) >= 11 is 0. The van der Waals surface area contributed by atoms with Crippen LogP contribution in [0.25, 0.3) is 76.2 Å². The first kappa shape index (κ1) is 20.7. The van der Waals surface area contributed by atoms with Gasteiger partial charge in [-0.05, 0) is 51.1 Å². The molecule has 0 radical (unpaired) electrons. The molecule has 0 N–H and O–H groups in total. The van der Waals surface area contributed by atoms with E-state index in [0.717, 1.165) is 44.2 Å². The fourth-order valence-corrected chi connectivity index (χ4v) is 9.21. The number of benzene rings is 5. The molecule has 0 bridgehead atoms. The molecule has 0 amide bonds. The molecule has 3 aliphatic rings. The molecule has 0 fully saturated rings. The lowest BCUT2D eigenvalue weighted by Gasteiger charge is -2.24. The van der Waals surface area contributed by atoms with Crippen molar-refractivity contribution in [2.24, 2.45) is 0 Å². The van der Waals surface area contributed by atoms with Crippen LogP contribution in [0.5, 0.6) is 11.5 Å². The number of pyridine rings is 2. The molecule has 0 aliphatic carbocycles. The van der Waals surface area contributed by atoms with Gasteiger partial charge in [-0.2, -0.15) is 10.2 Å². The molecule has 0 saturated carbocycles. The Balaban J connectivity index is 1.45. The van der Waals surface area contributed by atoms with E-state index < -0.39 is 5.66 Å². The van der Waals surface area contributed by atoms with E-state index in [1.54, 1.807) is 0 Å². The van der Waals surface area contributed by atoms with Gasteiger partial charge in [0.15, 0.2) is 11.1 Å². The van der Waals surface area contributed by atoms with Crippen LogP contribution in [0.3, 0.4) is 0 Å². The second-order valence-electron chi connectivity index (χ2n) is 12.3. The monoisotopic (exact) mass is 562 g/mol. The van der Waals surface area contributed by atoms with Crippen molar-refractivity contribution in [2.75, 3.05) is 0 Å². The molecule has 7 heteroatoms. The molecule has 200 valence electrons. The lowest BCUT2D eigenvalue weighted by molar-refractivity contribution is -0.992. The van der Waals surface area contributed by atoms with Crippen LogP contribution in [0.4, 0.5) is 0 Å². The minimum absolute atomic E-state index is 0.736. The Labute approximate surface area is 246 Å².